The van der Waals surface area contributed by atoms with Gasteiger partial charge in [0.05, 0.1) is 13.7 Å². The number of ether oxygens (including phenoxy) is 2. The quantitative estimate of drug-likeness (QED) is 0.626. The van der Waals surface area contributed by atoms with E-state index in [9.17, 15) is 4.79 Å². The maximum absolute atomic E-state index is 11.9. The first-order chi connectivity index (χ1) is 11.7. The van der Waals surface area contributed by atoms with Crippen molar-refractivity contribution in [2.75, 3.05) is 13.7 Å². The molecule has 0 bridgehead atoms. The SMILES string of the molecule is CCOc1ccc(C(=O)N/N=C\C=C\c2ccccc2OC)cc1. The molecule has 2 aromatic carbocycles. The summed E-state index contributed by atoms with van der Waals surface area (Å²) in [7, 11) is 1.62. The highest BCUT2D eigenvalue weighted by atomic mass is 16.5. The third-order valence-corrected chi connectivity index (χ3v) is 3.17. The average Bonchev–Trinajstić information content (AvgIpc) is 2.62. The zero-order valence-corrected chi connectivity index (χ0v) is 13.7. The van der Waals surface area contributed by atoms with Gasteiger partial charge >= 0.3 is 0 Å². The lowest BCUT2D eigenvalue weighted by molar-refractivity contribution is 0.0955. The molecule has 0 aliphatic heterocycles. The second-order valence-corrected chi connectivity index (χ2v) is 4.78. The number of nitrogens with zero attached hydrogens (tertiary/aromatic N) is 1. The number of carbonyl (C=O) groups excluding carboxylic acids is 1. The standard InChI is InChI=1S/C19H20N2O3/c1-3-24-17-12-10-16(11-13-17)19(22)21-20-14-6-8-15-7-4-5-9-18(15)23-2/h4-14H,3H2,1-2H3,(H,21,22)/b8-6+,20-14-. The molecule has 0 aliphatic rings. The molecular formula is C19H20N2O3. The first-order valence-corrected chi connectivity index (χ1v) is 7.60. The van der Waals surface area contributed by atoms with Gasteiger partial charge in [-0.25, -0.2) is 5.43 Å². The molecule has 0 radical (unpaired) electrons. The van der Waals surface area contributed by atoms with Crippen LogP contribution < -0.4 is 14.9 Å². The number of hydrogen-bond donors (Lipinski definition) is 1. The molecule has 124 valence electrons. The molecule has 1 N–H and O–H groups in total. The van der Waals surface area contributed by atoms with Crippen LogP contribution in [0.1, 0.15) is 22.8 Å². The Morgan fingerprint density at radius 2 is 1.92 bits per heavy atom. The summed E-state index contributed by atoms with van der Waals surface area (Å²) in [6.45, 7) is 2.50. The van der Waals surface area contributed by atoms with E-state index in [1.165, 1.54) is 6.21 Å². The van der Waals surface area contributed by atoms with Gasteiger partial charge in [-0.2, -0.15) is 5.10 Å². The largest absolute Gasteiger partial charge is 0.496 e. The summed E-state index contributed by atoms with van der Waals surface area (Å²) >= 11 is 0. The monoisotopic (exact) mass is 324 g/mol. The van der Waals surface area contributed by atoms with Gasteiger partial charge in [0.1, 0.15) is 11.5 Å². The Labute approximate surface area is 141 Å². The van der Waals surface area contributed by atoms with Crippen LogP contribution in [0.2, 0.25) is 0 Å². The van der Waals surface area contributed by atoms with Crippen molar-refractivity contribution >= 4 is 18.2 Å². The van der Waals surface area contributed by atoms with Crippen LogP contribution in [0.15, 0.2) is 59.7 Å². The second-order valence-electron chi connectivity index (χ2n) is 4.78. The van der Waals surface area contributed by atoms with E-state index >= 15 is 0 Å². The van der Waals surface area contributed by atoms with Crippen LogP contribution in [0.4, 0.5) is 0 Å². The number of carbonyl (C=O) groups is 1. The van der Waals surface area contributed by atoms with Crippen LogP contribution in [0, 0.1) is 0 Å². The normalized spacial score (nSPS) is 10.9. The van der Waals surface area contributed by atoms with E-state index in [4.69, 9.17) is 9.47 Å². The van der Waals surface area contributed by atoms with Gasteiger partial charge in [0, 0.05) is 17.3 Å². The van der Waals surface area contributed by atoms with Crippen molar-refractivity contribution in [3.8, 4) is 11.5 Å². The van der Waals surface area contributed by atoms with Crippen LogP contribution in [-0.2, 0) is 0 Å². The summed E-state index contributed by atoms with van der Waals surface area (Å²) in [5.41, 5.74) is 3.92. The summed E-state index contributed by atoms with van der Waals surface area (Å²) in [5.74, 6) is 1.23. The number of amides is 1. The Morgan fingerprint density at radius 3 is 2.62 bits per heavy atom. The predicted octanol–water partition coefficient (Wildman–Crippen LogP) is 3.52. The fraction of sp³-hybridized carbons (Fsp3) is 0.158. The molecule has 1 amide bonds. The van der Waals surface area contributed by atoms with E-state index in [2.05, 4.69) is 10.5 Å². The molecule has 2 aromatic rings. The molecule has 0 saturated heterocycles. The van der Waals surface area contributed by atoms with Gasteiger partial charge < -0.3 is 9.47 Å². The van der Waals surface area contributed by atoms with Gasteiger partial charge in [-0.1, -0.05) is 18.2 Å². The molecule has 24 heavy (non-hydrogen) atoms. The summed E-state index contributed by atoms with van der Waals surface area (Å²) in [6, 6.07) is 14.5. The Bertz CT molecular complexity index is 722. The van der Waals surface area contributed by atoms with Crippen LogP contribution in [0.5, 0.6) is 11.5 Å². The van der Waals surface area contributed by atoms with Gasteiger partial charge in [0.25, 0.3) is 5.91 Å². The minimum absolute atomic E-state index is 0.278. The van der Waals surface area contributed by atoms with Crippen LogP contribution in [0.25, 0.3) is 6.08 Å². The number of hydrazone groups is 1. The molecule has 2 rings (SSSR count). The van der Waals surface area contributed by atoms with Crippen LogP contribution in [0.3, 0.4) is 0 Å². The molecule has 0 aliphatic carbocycles. The average molecular weight is 324 g/mol. The number of nitrogens with one attached hydrogen (secondary N) is 1. The Hall–Kier alpha value is -3.08. The van der Waals surface area contributed by atoms with E-state index in [-0.39, 0.29) is 5.91 Å². The van der Waals surface area contributed by atoms with Crippen molar-refractivity contribution in [2.45, 2.75) is 6.92 Å². The molecule has 5 heteroatoms. The molecule has 0 spiro atoms. The van der Waals surface area contributed by atoms with Crippen LogP contribution in [-0.4, -0.2) is 25.8 Å². The molecule has 0 aromatic heterocycles. The van der Waals surface area contributed by atoms with E-state index in [1.54, 1.807) is 37.5 Å². The van der Waals surface area contributed by atoms with Gasteiger partial charge in [-0.3, -0.25) is 4.79 Å². The third-order valence-electron chi connectivity index (χ3n) is 3.17. The Kier molecular flexibility index (Phi) is 6.58. The highest BCUT2D eigenvalue weighted by Gasteiger charge is 2.03. The molecule has 0 heterocycles. The van der Waals surface area contributed by atoms with E-state index in [0.29, 0.717) is 12.2 Å². The smallest absolute Gasteiger partial charge is 0.271 e. The van der Waals surface area contributed by atoms with E-state index in [0.717, 1.165) is 17.1 Å². The second kappa shape index (κ2) is 9.15. The Balaban J connectivity index is 1.89. The van der Waals surface area contributed by atoms with Crippen molar-refractivity contribution in [2.24, 2.45) is 5.10 Å². The lowest BCUT2D eigenvalue weighted by atomic mass is 10.2. The van der Waals surface area contributed by atoms with Crippen molar-refractivity contribution in [3.63, 3.8) is 0 Å². The number of benzene rings is 2. The molecular weight excluding hydrogens is 304 g/mol. The molecule has 0 atom stereocenters. The van der Waals surface area contributed by atoms with E-state index in [1.807, 2.05) is 37.3 Å². The maximum Gasteiger partial charge on any atom is 0.271 e. The minimum Gasteiger partial charge on any atom is -0.496 e. The Morgan fingerprint density at radius 1 is 1.17 bits per heavy atom. The molecule has 0 saturated carbocycles. The molecule has 0 unspecified atom stereocenters. The van der Waals surface area contributed by atoms with Gasteiger partial charge in [-0.05, 0) is 49.4 Å². The van der Waals surface area contributed by atoms with Crippen molar-refractivity contribution < 1.29 is 14.3 Å². The van der Waals surface area contributed by atoms with Crippen molar-refractivity contribution in [3.05, 3.63) is 65.7 Å². The van der Waals surface area contributed by atoms with E-state index < -0.39 is 0 Å². The maximum atomic E-state index is 11.9. The van der Waals surface area contributed by atoms with Gasteiger partial charge in [0.15, 0.2) is 0 Å². The summed E-state index contributed by atoms with van der Waals surface area (Å²) < 4.78 is 10.6. The number of allylic oxidation sites excluding steroid dienone is 1. The zero-order valence-electron chi connectivity index (χ0n) is 13.7. The number of methoxy groups -OCH3 is 1. The molecule has 0 fully saturated rings. The van der Waals surface area contributed by atoms with Crippen LogP contribution >= 0.6 is 0 Å². The highest BCUT2D eigenvalue weighted by Crippen LogP contribution is 2.18. The first kappa shape index (κ1) is 17.3. The topological polar surface area (TPSA) is 59.9 Å². The molecule has 5 nitrogen and oxygen atoms in total. The fourth-order valence-corrected chi connectivity index (χ4v) is 2.02. The summed E-state index contributed by atoms with van der Waals surface area (Å²) in [4.78, 5) is 11.9. The predicted molar refractivity (Wildman–Crippen MR) is 95.6 cm³/mol. The number of rotatable bonds is 7. The zero-order chi connectivity index (χ0) is 17.2. The van der Waals surface area contributed by atoms with Crippen molar-refractivity contribution in [1.29, 1.82) is 0 Å². The first-order valence-electron chi connectivity index (χ1n) is 7.60. The fourth-order valence-electron chi connectivity index (χ4n) is 2.02. The van der Waals surface area contributed by atoms with Crippen molar-refractivity contribution in [1.82, 2.24) is 5.43 Å². The lowest BCUT2D eigenvalue weighted by Crippen LogP contribution is -2.17. The summed E-state index contributed by atoms with van der Waals surface area (Å²) in [5, 5.41) is 3.89. The highest BCUT2D eigenvalue weighted by molar-refractivity contribution is 5.94. The van der Waals surface area contributed by atoms with Gasteiger partial charge in [-0.15, -0.1) is 0 Å². The number of hydrogen-bond acceptors (Lipinski definition) is 4. The number of para-hydroxylation sites is 1. The lowest BCUT2D eigenvalue weighted by Gasteiger charge is -2.03. The summed E-state index contributed by atoms with van der Waals surface area (Å²) in [6.07, 6.45) is 5.10. The third kappa shape index (κ3) is 4.98. The minimum atomic E-state index is -0.278. The van der Waals surface area contributed by atoms with Gasteiger partial charge in [0.2, 0.25) is 0 Å².